The molecule has 0 amide bonds. The van der Waals surface area contributed by atoms with Crippen LogP contribution in [0.2, 0.25) is 0 Å². The predicted molar refractivity (Wildman–Crippen MR) is 98.1 cm³/mol. The first-order valence-electron chi connectivity index (χ1n) is 8.41. The van der Waals surface area contributed by atoms with E-state index in [0.717, 1.165) is 16.9 Å². The highest BCUT2D eigenvalue weighted by Crippen LogP contribution is 2.29. The van der Waals surface area contributed by atoms with Crippen LogP contribution in [0.15, 0.2) is 33.6 Å². The molecule has 1 N–H and O–H groups in total. The Morgan fingerprint density at radius 2 is 1.81 bits per heavy atom. The Bertz CT molecular complexity index is 385. The normalized spacial score (nSPS) is 18.4. The second kappa shape index (κ2) is 9.91. The second-order valence-electron chi connectivity index (χ2n) is 6.08. The third-order valence-electron chi connectivity index (χ3n) is 4.37. The number of halogens is 1. The Hall–Kier alpha value is 0.01000. The third kappa shape index (κ3) is 6.33. The van der Waals surface area contributed by atoms with Crippen LogP contribution in [0.25, 0.3) is 0 Å². The molecule has 1 nitrogen and oxygen atoms in total. The summed E-state index contributed by atoms with van der Waals surface area (Å²) in [5.41, 5.74) is 0. The van der Waals surface area contributed by atoms with Gasteiger partial charge in [0, 0.05) is 21.2 Å². The maximum absolute atomic E-state index is 3.82. The Morgan fingerprint density at radius 3 is 2.43 bits per heavy atom. The van der Waals surface area contributed by atoms with Gasteiger partial charge in [-0.2, -0.15) is 0 Å². The van der Waals surface area contributed by atoms with E-state index in [1.165, 1.54) is 55.6 Å². The topological polar surface area (TPSA) is 12.0 Å². The first-order valence-corrected chi connectivity index (χ1v) is 10.2. The van der Waals surface area contributed by atoms with Crippen LogP contribution in [0.4, 0.5) is 0 Å². The minimum absolute atomic E-state index is 0.677. The maximum Gasteiger partial charge on any atom is 0.0189 e. The lowest BCUT2D eigenvalue weighted by atomic mass is 9.93. The van der Waals surface area contributed by atoms with Gasteiger partial charge in [-0.15, -0.1) is 11.8 Å². The molecule has 1 atom stereocenters. The van der Waals surface area contributed by atoms with E-state index in [0.29, 0.717) is 6.04 Å². The van der Waals surface area contributed by atoms with Crippen molar-refractivity contribution in [3.05, 3.63) is 28.7 Å². The number of thioether (sulfide) groups is 1. The van der Waals surface area contributed by atoms with Crippen LogP contribution in [0.5, 0.6) is 0 Å². The van der Waals surface area contributed by atoms with Crippen LogP contribution in [0.1, 0.15) is 51.9 Å². The average molecular weight is 370 g/mol. The van der Waals surface area contributed by atoms with Crippen LogP contribution < -0.4 is 5.32 Å². The number of benzene rings is 1. The van der Waals surface area contributed by atoms with Crippen LogP contribution in [-0.2, 0) is 0 Å². The molecule has 0 spiro atoms. The highest BCUT2D eigenvalue weighted by atomic mass is 79.9. The van der Waals surface area contributed by atoms with Crippen molar-refractivity contribution in [1.29, 1.82) is 0 Å². The van der Waals surface area contributed by atoms with Crippen molar-refractivity contribution >= 4 is 27.7 Å². The summed E-state index contributed by atoms with van der Waals surface area (Å²) < 4.78 is 1.16. The standard InChI is InChI=1S/C18H28BrNS/c1-2-13-20-18(15-7-5-3-4-6-8-15)14-21-17-11-9-16(19)10-12-17/h9-12,15,18,20H,2-8,13-14H2,1H3. The van der Waals surface area contributed by atoms with E-state index in [-0.39, 0.29) is 0 Å². The van der Waals surface area contributed by atoms with E-state index >= 15 is 0 Å². The van der Waals surface area contributed by atoms with E-state index in [2.05, 4.69) is 52.4 Å². The summed E-state index contributed by atoms with van der Waals surface area (Å²) in [7, 11) is 0. The fourth-order valence-corrected chi connectivity index (χ4v) is 4.48. The molecule has 1 unspecified atom stereocenters. The molecule has 1 aromatic rings. The highest BCUT2D eigenvalue weighted by Gasteiger charge is 2.22. The molecule has 0 aromatic heterocycles. The van der Waals surface area contributed by atoms with Crippen molar-refractivity contribution in [2.75, 3.05) is 12.3 Å². The van der Waals surface area contributed by atoms with Gasteiger partial charge in [0.2, 0.25) is 0 Å². The van der Waals surface area contributed by atoms with Gasteiger partial charge in [-0.25, -0.2) is 0 Å². The Labute approximate surface area is 142 Å². The maximum atomic E-state index is 3.82. The van der Waals surface area contributed by atoms with Crippen LogP contribution >= 0.6 is 27.7 Å². The van der Waals surface area contributed by atoms with Gasteiger partial charge in [-0.05, 0) is 56.0 Å². The van der Waals surface area contributed by atoms with E-state index in [4.69, 9.17) is 0 Å². The summed E-state index contributed by atoms with van der Waals surface area (Å²) in [5.74, 6) is 2.08. The molecule has 0 bridgehead atoms. The lowest BCUT2D eigenvalue weighted by Crippen LogP contribution is -2.38. The summed E-state index contributed by atoms with van der Waals surface area (Å²) >= 11 is 5.51. The molecule has 3 heteroatoms. The SMILES string of the molecule is CCCNC(CSc1ccc(Br)cc1)C1CCCCCC1. The molecular weight excluding hydrogens is 342 g/mol. The second-order valence-corrected chi connectivity index (χ2v) is 8.09. The van der Waals surface area contributed by atoms with E-state index in [9.17, 15) is 0 Å². The smallest absolute Gasteiger partial charge is 0.0189 e. The molecule has 1 aliphatic carbocycles. The molecule has 1 aromatic carbocycles. The lowest BCUT2D eigenvalue weighted by Gasteiger charge is -2.27. The molecule has 2 rings (SSSR count). The minimum Gasteiger partial charge on any atom is -0.313 e. The van der Waals surface area contributed by atoms with Crippen molar-refractivity contribution in [3.8, 4) is 0 Å². The Kier molecular flexibility index (Phi) is 8.20. The highest BCUT2D eigenvalue weighted by molar-refractivity contribution is 9.10. The van der Waals surface area contributed by atoms with Crippen LogP contribution in [-0.4, -0.2) is 18.3 Å². The first kappa shape index (κ1) is 17.4. The Morgan fingerprint density at radius 1 is 1.14 bits per heavy atom. The largest absolute Gasteiger partial charge is 0.313 e. The van der Waals surface area contributed by atoms with Gasteiger partial charge < -0.3 is 5.32 Å². The number of hydrogen-bond acceptors (Lipinski definition) is 2. The zero-order chi connectivity index (χ0) is 14.9. The van der Waals surface area contributed by atoms with Gasteiger partial charge in [0.1, 0.15) is 0 Å². The quantitative estimate of drug-likeness (QED) is 0.475. The third-order valence-corrected chi connectivity index (χ3v) is 6.03. The molecule has 1 saturated carbocycles. The average Bonchev–Trinajstić information content (AvgIpc) is 2.78. The van der Waals surface area contributed by atoms with Crippen LogP contribution in [0.3, 0.4) is 0 Å². The molecule has 0 radical (unpaired) electrons. The lowest BCUT2D eigenvalue weighted by molar-refractivity contribution is 0.343. The van der Waals surface area contributed by atoms with E-state index in [1.54, 1.807) is 0 Å². The summed E-state index contributed by atoms with van der Waals surface area (Å²) in [4.78, 5) is 1.38. The molecule has 0 saturated heterocycles. The van der Waals surface area contributed by atoms with Gasteiger partial charge in [0.05, 0.1) is 0 Å². The zero-order valence-corrected chi connectivity index (χ0v) is 15.5. The number of hydrogen-bond donors (Lipinski definition) is 1. The van der Waals surface area contributed by atoms with Crippen molar-refractivity contribution < 1.29 is 0 Å². The van der Waals surface area contributed by atoms with Gasteiger partial charge in [0.15, 0.2) is 0 Å². The molecule has 21 heavy (non-hydrogen) atoms. The summed E-state index contributed by atoms with van der Waals surface area (Å²) in [6.07, 6.45) is 9.81. The fraction of sp³-hybridized carbons (Fsp3) is 0.667. The molecule has 1 fully saturated rings. The van der Waals surface area contributed by atoms with Gasteiger partial charge in [-0.1, -0.05) is 48.5 Å². The zero-order valence-electron chi connectivity index (χ0n) is 13.1. The molecule has 118 valence electrons. The number of rotatable bonds is 7. The summed E-state index contributed by atoms with van der Waals surface area (Å²) in [5, 5.41) is 3.82. The van der Waals surface area contributed by atoms with Gasteiger partial charge in [0.25, 0.3) is 0 Å². The fourth-order valence-electron chi connectivity index (χ4n) is 3.12. The van der Waals surface area contributed by atoms with Crippen LogP contribution in [0, 0.1) is 5.92 Å². The van der Waals surface area contributed by atoms with Crippen molar-refractivity contribution in [2.24, 2.45) is 5.92 Å². The van der Waals surface area contributed by atoms with Crippen molar-refractivity contribution in [3.63, 3.8) is 0 Å². The van der Waals surface area contributed by atoms with E-state index in [1.807, 2.05) is 11.8 Å². The Balaban J connectivity index is 1.89. The molecular formula is C18H28BrNS. The van der Waals surface area contributed by atoms with Crippen molar-refractivity contribution in [2.45, 2.75) is 62.8 Å². The first-order chi connectivity index (χ1) is 10.3. The van der Waals surface area contributed by atoms with Gasteiger partial charge >= 0.3 is 0 Å². The molecule has 0 aliphatic heterocycles. The minimum atomic E-state index is 0.677. The molecule has 1 aliphatic rings. The monoisotopic (exact) mass is 369 g/mol. The number of nitrogens with one attached hydrogen (secondary N) is 1. The van der Waals surface area contributed by atoms with Crippen molar-refractivity contribution in [1.82, 2.24) is 5.32 Å². The molecule has 0 heterocycles. The summed E-state index contributed by atoms with van der Waals surface area (Å²) in [6, 6.07) is 9.40. The van der Waals surface area contributed by atoms with Gasteiger partial charge in [-0.3, -0.25) is 0 Å². The predicted octanol–water partition coefficient (Wildman–Crippen LogP) is 5.88. The van der Waals surface area contributed by atoms with E-state index < -0.39 is 0 Å². The summed E-state index contributed by atoms with van der Waals surface area (Å²) in [6.45, 7) is 3.42.